The van der Waals surface area contributed by atoms with Crippen LogP contribution in [0.4, 0.5) is 0 Å². The molecule has 4 aromatic carbocycles. The molecule has 2 nitrogen and oxygen atoms in total. The molecule has 0 heterocycles. The summed E-state index contributed by atoms with van der Waals surface area (Å²) < 4.78 is 6.20. The maximum atomic E-state index is 6.32. The largest absolute Gasteiger partial charge is 0.488 e. The van der Waals surface area contributed by atoms with Crippen molar-refractivity contribution in [2.75, 3.05) is 0 Å². The molecule has 160 valence electrons. The molecule has 0 unspecified atom stereocenters. The first-order valence-electron chi connectivity index (χ1n) is 9.94. The van der Waals surface area contributed by atoms with Gasteiger partial charge in [0.2, 0.25) is 0 Å². The molecule has 0 aromatic heterocycles. The van der Waals surface area contributed by atoms with E-state index in [4.69, 9.17) is 27.9 Å². The van der Waals surface area contributed by atoms with Gasteiger partial charge in [0.05, 0.1) is 0 Å². The molecule has 0 aliphatic carbocycles. The summed E-state index contributed by atoms with van der Waals surface area (Å²) in [5, 5.41) is 7.18. The zero-order chi connectivity index (χ0) is 20.9. The maximum Gasteiger partial charge on any atom is 0.124 e. The third-order valence-electron chi connectivity index (χ3n) is 5.15. The van der Waals surface area contributed by atoms with E-state index in [0.717, 1.165) is 23.4 Å². The molecular formula is C26H24Cl3NO. The van der Waals surface area contributed by atoms with Crippen LogP contribution in [-0.4, -0.2) is 0 Å². The SMILES string of the molecule is Cc1ccc(CNCc2c(OCc3ccc(Cl)cc3Cl)ccc3ccccc23)cc1.Cl. The van der Waals surface area contributed by atoms with Gasteiger partial charge in [-0.2, -0.15) is 0 Å². The van der Waals surface area contributed by atoms with Crippen LogP contribution < -0.4 is 10.1 Å². The van der Waals surface area contributed by atoms with Crippen LogP contribution in [0.2, 0.25) is 10.0 Å². The number of halogens is 3. The molecule has 0 saturated heterocycles. The number of ether oxygens (including phenoxy) is 1. The summed E-state index contributed by atoms with van der Waals surface area (Å²) in [4.78, 5) is 0. The van der Waals surface area contributed by atoms with Crippen molar-refractivity contribution in [1.29, 1.82) is 0 Å². The van der Waals surface area contributed by atoms with Crippen LogP contribution in [0, 0.1) is 6.92 Å². The predicted octanol–water partition coefficient (Wildman–Crippen LogP) is 7.75. The van der Waals surface area contributed by atoms with E-state index in [1.165, 1.54) is 21.9 Å². The molecule has 1 N–H and O–H groups in total. The minimum absolute atomic E-state index is 0. The van der Waals surface area contributed by atoms with Gasteiger partial charge < -0.3 is 10.1 Å². The Morgan fingerprint density at radius 3 is 2.39 bits per heavy atom. The van der Waals surface area contributed by atoms with Gasteiger partial charge in [0.15, 0.2) is 0 Å². The van der Waals surface area contributed by atoms with Crippen molar-refractivity contribution in [3.63, 3.8) is 0 Å². The third-order valence-corrected chi connectivity index (χ3v) is 5.73. The van der Waals surface area contributed by atoms with Crippen LogP contribution in [-0.2, 0) is 19.7 Å². The highest BCUT2D eigenvalue weighted by molar-refractivity contribution is 6.35. The van der Waals surface area contributed by atoms with Crippen molar-refractivity contribution in [1.82, 2.24) is 5.32 Å². The van der Waals surface area contributed by atoms with Crippen molar-refractivity contribution in [3.8, 4) is 5.75 Å². The van der Waals surface area contributed by atoms with Crippen molar-refractivity contribution in [2.24, 2.45) is 0 Å². The van der Waals surface area contributed by atoms with E-state index in [1.54, 1.807) is 6.07 Å². The van der Waals surface area contributed by atoms with Gasteiger partial charge in [0.1, 0.15) is 12.4 Å². The lowest BCUT2D eigenvalue weighted by molar-refractivity contribution is 0.303. The first-order chi connectivity index (χ1) is 14.6. The molecule has 0 aliphatic heterocycles. The minimum atomic E-state index is 0. The van der Waals surface area contributed by atoms with Gasteiger partial charge in [-0.05, 0) is 41.5 Å². The lowest BCUT2D eigenvalue weighted by Gasteiger charge is -2.16. The quantitative estimate of drug-likeness (QED) is 0.297. The molecule has 0 saturated carbocycles. The molecule has 0 bridgehead atoms. The second kappa shape index (κ2) is 10.9. The fraction of sp³-hybridized carbons (Fsp3) is 0.154. The molecule has 0 aliphatic rings. The summed E-state index contributed by atoms with van der Waals surface area (Å²) in [7, 11) is 0. The Kier molecular flexibility index (Phi) is 8.22. The van der Waals surface area contributed by atoms with E-state index in [-0.39, 0.29) is 12.4 Å². The van der Waals surface area contributed by atoms with Gasteiger partial charge in [-0.1, -0.05) is 89.4 Å². The lowest BCUT2D eigenvalue weighted by Crippen LogP contribution is -2.14. The minimum Gasteiger partial charge on any atom is -0.488 e. The molecule has 4 aromatic rings. The molecule has 0 amide bonds. The average molecular weight is 473 g/mol. The van der Waals surface area contributed by atoms with E-state index in [9.17, 15) is 0 Å². The summed E-state index contributed by atoms with van der Waals surface area (Å²) in [5.41, 5.74) is 4.58. The number of rotatable bonds is 7. The second-order valence-electron chi connectivity index (χ2n) is 7.38. The normalized spacial score (nSPS) is 10.7. The highest BCUT2D eigenvalue weighted by Gasteiger charge is 2.10. The van der Waals surface area contributed by atoms with Gasteiger partial charge in [-0.15, -0.1) is 12.4 Å². The van der Waals surface area contributed by atoms with Crippen molar-refractivity contribution < 1.29 is 4.74 Å². The molecule has 0 atom stereocenters. The monoisotopic (exact) mass is 471 g/mol. The predicted molar refractivity (Wildman–Crippen MR) is 134 cm³/mol. The van der Waals surface area contributed by atoms with Crippen LogP contribution in [0.25, 0.3) is 10.8 Å². The van der Waals surface area contributed by atoms with Gasteiger partial charge >= 0.3 is 0 Å². The van der Waals surface area contributed by atoms with E-state index in [2.05, 4.69) is 66.8 Å². The molecular weight excluding hydrogens is 449 g/mol. The maximum absolute atomic E-state index is 6.32. The van der Waals surface area contributed by atoms with Gasteiger partial charge in [0, 0.05) is 34.3 Å². The summed E-state index contributed by atoms with van der Waals surface area (Å²) in [6.45, 7) is 3.99. The molecule has 0 fully saturated rings. The number of nitrogens with one attached hydrogen (secondary N) is 1. The second-order valence-corrected chi connectivity index (χ2v) is 8.22. The van der Waals surface area contributed by atoms with Crippen LogP contribution in [0.5, 0.6) is 5.75 Å². The van der Waals surface area contributed by atoms with Crippen LogP contribution >= 0.6 is 35.6 Å². The Morgan fingerprint density at radius 1 is 0.839 bits per heavy atom. The highest BCUT2D eigenvalue weighted by atomic mass is 35.5. The Morgan fingerprint density at radius 2 is 1.61 bits per heavy atom. The molecule has 0 radical (unpaired) electrons. The van der Waals surface area contributed by atoms with Crippen LogP contribution in [0.15, 0.2) is 78.9 Å². The number of aryl methyl sites for hydroxylation is 1. The summed E-state index contributed by atoms with van der Waals surface area (Å²) >= 11 is 12.3. The van der Waals surface area contributed by atoms with Crippen molar-refractivity contribution in [3.05, 3.63) is 111 Å². The first-order valence-corrected chi connectivity index (χ1v) is 10.7. The number of hydrogen-bond acceptors (Lipinski definition) is 2. The van der Waals surface area contributed by atoms with Gasteiger partial charge in [-0.25, -0.2) is 0 Å². The zero-order valence-corrected chi connectivity index (χ0v) is 19.5. The fourth-order valence-corrected chi connectivity index (χ4v) is 3.93. The first kappa shape index (κ1) is 23.4. The topological polar surface area (TPSA) is 21.3 Å². The average Bonchev–Trinajstić information content (AvgIpc) is 2.75. The standard InChI is InChI=1S/C26H23Cl2NO.ClH/c1-18-6-8-19(9-7-18)15-29-16-24-23-5-3-2-4-20(23)11-13-26(24)30-17-21-10-12-22(27)14-25(21)28;/h2-14,29H,15-17H2,1H3;1H. The van der Waals surface area contributed by atoms with Crippen LogP contribution in [0.1, 0.15) is 22.3 Å². The fourth-order valence-electron chi connectivity index (χ4n) is 3.47. The molecule has 5 heteroatoms. The van der Waals surface area contributed by atoms with Gasteiger partial charge in [0.25, 0.3) is 0 Å². The van der Waals surface area contributed by atoms with Crippen molar-refractivity contribution in [2.45, 2.75) is 26.6 Å². The highest BCUT2D eigenvalue weighted by Crippen LogP contribution is 2.30. The Hall–Kier alpha value is -2.23. The smallest absolute Gasteiger partial charge is 0.124 e. The molecule has 4 rings (SSSR count). The van der Waals surface area contributed by atoms with Crippen LogP contribution in [0.3, 0.4) is 0 Å². The van der Waals surface area contributed by atoms with Gasteiger partial charge in [-0.3, -0.25) is 0 Å². The van der Waals surface area contributed by atoms with E-state index in [1.807, 2.05) is 18.2 Å². The van der Waals surface area contributed by atoms with Crippen molar-refractivity contribution >= 4 is 46.4 Å². The number of hydrogen-bond donors (Lipinski definition) is 1. The van der Waals surface area contributed by atoms with E-state index in [0.29, 0.717) is 23.2 Å². The summed E-state index contributed by atoms with van der Waals surface area (Å²) in [6, 6.07) is 26.6. The van der Waals surface area contributed by atoms with E-state index < -0.39 is 0 Å². The summed E-state index contributed by atoms with van der Waals surface area (Å²) in [6.07, 6.45) is 0. The Labute approximate surface area is 199 Å². The molecule has 31 heavy (non-hydrogen) atoms. The lowest BCUT2D eigenvalue weighted by atomic mass is 10.0. The molecule has 0 spiro atoms. The Balaban J connectivity index is 0.00000272. The summed E-state index contributed by atoms with van der Waals surface area (Å²) in [5.74, 6) is 0.858. The number of fused-ring (bicyclic) bond motifs is 1. The zero-order valence-electron chi connectivity index (χ0n) is 17.2. The third kappa shape index (κ3) is 5.93. The number of benzene rings is 4. The van der Waals surface area contributed by atoms with E-state index >= 15 is 0 Å². The Bertz CT molecular complexity index is 1160.